The first-order valence-corrected chi connectivity index (χ1v) is 6.27. The van der Waals surface area contributed by atoms with E-state index in [1.165, 1.54) is 11.8 Å². The summed E-state index contributed by atoms with van der Waals surface area (Å²) in [4.78, 5) is 15.9. The Kier molecular flexibility index (Phi) is 4.02. The van der Waals surface area contributed by atoms with Crippen LogP contribution in [0, 0.1) is 0 Å². The molecule has 8 nitrogen and oxygen atoms in total. The maximum atomic E-state index is 11.9. The van der Waals surface area contributed by atoms with Gasteiger partial charge in [-0.3, -0.25) is 9.48 Å². The van der Waals surface area contributed by atoms with Crippen molar-refractivity contribution in [3.05, 3.63) is 23.8 Å². The molecular weight excluding hydrogens is 260 g/mol. The van der Waals surface area contributed by atoms with E-state index in [0.717, 1.165) is 5.56 Å². The summed E-state index contributed by atoms with van der Waals surface area (Å²) in [6, 6.07) is 0.587. The molecular formula is C12H18N6O2. The summed E-state index contributed by atoms with van der Waals surface area (Å²) in [6.07, 6.45) is 3.63. The van der Waals surface area contributed by atoms with Gasteiger partial charge in [0.05, 0.1) is 13.3 Å². The molecule has 2 rings (SSSR count). The number of amides is 1. The van der Waals surface area contributed by atoms with Crippen molar-refractivity contribution in [2.45, 2.75) is 26.4 Å². The van der Waals surface area contributed by atoms with Crippen LogP contribution in [0.4, 0.5) is 0 Å². The Bertz CT molecular complexity index is 601. The van der Waals surface area contributed by atoms with E-state index in [2.05, 4.69) is 20.5 Å². The van der Waals surface area contributed by atoms with E-state index in [-0.39, 0.29) is 11.7 Å². The highest BCUT2D eigenvalue weighted by atomic mass is 16.5. The minimum absolute atomic E-state index is 0.0839. The number of nitrogens with one attached hydrogen (secondary N) is 1. The zero-order chi connectivity index (χ0) is 14.7. The summed E-state index contributed by atoms with van der Waals surface area (Å²) in [5.41, 5.74) is 0.926. The molecule has 0 radical (unpaired) electrons. The molecule has 2 aromatic heterocycles. The minimum atomic E-state index is -0.346. The smallest absolute Gasteiger partial charge is 0.314 e. The number of rotatable bonds is 5. The predicted molar refractivity (Wildman–Crippen MR) is 71.3 cm³/mol. The number of nitrogens with zero attached hydrogens (tertiary/aromatic N) is 5. The predicted octanol–water partition coefficient (Wildman–Crippen LogP) is 0.531. The molecule has 0 saturated carbocycles. The molecule has 0 bridgehead atoms. The third-order valence-corrected chi connectivity index (χ3v) is 2.75. The lowest BCUT2D eigenvalue weighted by molar-refractivity contribution is 0.0940. The van der Waals surface area contributed by atoms with Gasteiger partial charge >= 0.3 is 6.01 Å². The van der Waals surface area contributed by atoms with Crippen LogP contribution in [-0.4, -0.2) is 37.6 Å². The number of aromatic nitrogens is 5. The average molecular weight is 278 g/mol. The fourth-order valence-corrected chi connectivity index (χ4v) is 1.66. The van der Waals surface area contributed by atoms with Crippen LogP contribution >= 0.6 is 0 Å². The van der Waals surface area contributed by atoms with Crippen LogP contribution in [0.25, 0.3) is 0 Å². The summed E-state index contributed by atoms with van der Waals surface area (Å²) in [7, 11) is 3.14. The van der Waals surface area contributed by atoms with E-state index >= 15 is 0 Å². The number of carbonyl (C=O) groups excluding carboxylic acids is 1. The fraction of sp³-hybridized carbons (Fsp3) is 0.500. The SMILES string of the molecule is COc1nc(C(=O)NCc2cnn(C(C)C)c2)nn1C. The van der Waals surface area contributed by atoms with Gasteiger partial charge in [0.2, 0.25) is 5.82 Å². The molecule has 0 aliphatic rings. The van der Waals surface area contributed by atoms with Gasteiger partial charge < -0.3 is 10.1 Å². The molecule has 2 heterocycles. The van der Waals surface area contributed by atoms with Gasteiger partial charge in [0.1, 0.15) is 0 Å². The first kappa shape index (κ1) is 14.0. The van der Waals surface area contributed by atoms with E-state index < -0.39 is 0 Å². The maximum Gasteiger partial charge on any atom is 0.314 e. The number of aryl methyl sites for hydroxylation is 1. The Morgan fingerprint density at radius 1 is 1.50 bits per heavy atom. The molecule has 1 amide bonds. The molecule has 0 spiro atoms. The molecule has 108 valence electrons. The van der Waals surface area contributed by atoms with E-state index in [1.807, 2.05) is 24.7 Å². The number of ether oxygens (including phenoxy) is 1. The topological polar surface area (TPSA) is 86.9 Å². The fourth-order valence-electron chi connectivity index (χ4n) is 1.66. The van der Waals surface area contributed by atoms with Gasteiger partial charge in [0.25, 0.3) is 5.91 Å². The second kappa shape index (κ2) is 5.72. The molecule has 0 aliphatic carbocycles. The van der Waals surface area contributed by atoms with Crippen LogP contribution in [0.2, 0.25) is 0 Å². The van der Waals surface area contributed by atoms with Crippen molar-refractivity contribution >= 4 is 5.91 Å². The largest absolute Gasteiger partial charge is 0.467 e. The first-order valence-electron chi connectivity index (χ1n) is 6.27. The van der Waals surface area contributed by atoms with Crippen molar-refractivity contribution < 1.29 is 9.53 Å². The van der Waals surface area contributed by atoms with Crippen molar-refractivity contribution in [3.63, 3.8) is 0 Å². The van der Waals surface area contributed by atoms with Gasteiger partial charge in [-0.15, -0.1) is 5.10 Å². The summed E-state index contributed by atoms with van der Waals surface area (Å²) >= 11 is 0. The Hall–Kier alpha value is -2.38. The van der Waals surface area contributed by atoms with Crippen molar-refractivity contribution in [2.75, 3.05) is 7.11 Å². The second-order valence-corrected chi connectivity index (χ2v) is 4.65. The van der Waals surface area contributed by atoms with Crippen molar-refractivity contribution in [2.24, 2.45) is 7.05 Å². The van der Waals surface area contributed by atoms with Gasteiger partial charge in [-0.05, 0) is 13.8 Å². The lowest BCUT2D eigenvalue weighted by Gasteiger charge is -2.03. The molecule has 0 aromatic carbocycles. The Morgan fingerprint density at radius 2 is 2.25 bits per heavy atom. The molecule has 0 aliphatic heterocycles. The monoisotopic (exact) mass is 278 g/mol. The van der Waals surface area contributed by atoms with Gasteiger partial charge in [0.15, 0.2) is 0 Å². The zero-order valence-electron chi connectivity index (χ0n) is 12.0. The van der Waals surface area contributed by atoms with Gasteiger partial charge in [0, 0.05) is 31.4 Å². The van der Waals surface area contributed by atoms with Crippen molar-refractivity contribution in [3.8, 4) is 6.01 Å². The minimum Gasteiger partial charge on any atom is -0.467 e. The number of hydrogen-bond donors (Lipinski definition) is 1. The highest BCUT2D eigenvalue weighted by Crippen LogP contribution is 2.06. The highest BCUT2D eigenvalue weighted by molar-refractivity contribution is 5.90. The van der Waals surface area contributed by atoms with Gasteiger partial charge in [-0.1, -0.05) is 0 Å². The third-order valence-electron chi connectivity index (χ3n) is 2.75. The van der Waals surface area contributed by atoms with Crippen molar-refractivity contribution in [1.29, 1.82) is 0 Å². The molecule has 8 heteroatoms. The van der Waals surface area contributed by atoms with E-state index in [9.17, 15) is 4.79 Å². The van der Waals surface area contributed by atoms with Crippen LogP contribution in [-0.2, 0) is 13.6 Å². The molecule has 0 saturated heterocycles. The number of carbonyl (C=O) groups is 1. The zero-order valence-corrected chi connectivity index (χ0v) is 12.0. The van der Waals surface area contributed by atoms with Crippen LogP contribution in [0.1, 0.15) is 36.1 Å². The molecule has 20 heavy (non-hydrogen) atoms. The summed E-state index contributed by atoms with van der Waals surface area (Å²) in [5.74, 6) is -0.262. The summed E-state index contributed by atoms with van der Waals surface area (Å²) in [5, 5.41) is 10.9. The first-order chi connectivity index (χ1) is 9.51. The normalized spacial score (nSPS) is 10.8. The summed E-state index contributed by atoms with van der Waals surface area (Å²) < 4.78 is 8.21. The van der Waals surface area contributed by atoms with E-state index in [1.54, 1.807) is 13.2 Å². The molecule has 1 N–H and O–H groups in total. The van der Waals surface area contributed by atoms with Crippen LogP contribution in [0.5, 0.6) is 6.01 Å². The second-order valence-electron chi connectivity index (χ2n) is 4.65. The number of methoxy groups -OCH3 is 1. The lowest BCUT2D eigenvalue weighted by atomic mass is 10.3. The Labute approximate surface area is 116 Å². The standard InChI is InChI=1S/C12H18N6O2/c1-8(2)18-7-9(6-14-18)5-13-11(19)10-15-12(20-4)17(3)16-10/h6-8H,5H2,1-4H3,(H,13,19). The van der Waals surface area contributed by atoms with E-state index in [0.29, 0.717) is 18.6 Å². The summed E-state index contributed by atoms with van der Waals surface area (Å²) in [6.45, 7) is 4.46. The van der Waals surface area contributed by atoms with Gasteiger partial charge in [-0.2, -0.15) is 10.1 Å². The number of hydrogen-bond acceptors (Lipinski definition) is 5. The Morgan fingerprint density at radius 3 is 2.80 bits per heavy atom. The van der Waals surface area contributed by atoms with Crippen LogP contribution in [0.15, 0.2) is 12.4 Å². The van der Waals surface area contributed by atoms with Crippen LogP contribution in [0.3, 0.4) is 0 Å². The molecule has 0 fully saturated rings. The highest BCUT2D eigenvalue weighted by Gasteiger charge is 2.15. The van der Waals surface area contributed by atoms with Gasteiger partial charge in [-0.25, -0.2) is 4.68 Å². The van der Waals surface area contributed by atoms with Crippen LogP contribution < -0.4 is 10.1 Å². The van der Waals surface area contributed by atoms with Crippen molar-refractivity contribution in [1.82, 2.24) is 29.9 Å². The molecule has 2 aromatic rings. The Balaban J connectivity index is 1.97. The lowest BCUT2D eigenvalue weighted by Crippen LogP contribution is -2.24. The maximum absolute atomic E-state index is 11.9. The third kappa shape index (κ3) is 2.95. The average Bonchev–Trinajstić information content (AvgIpc) is 3.02. The molecule has 0 atom stereocenters. The molecule has 0 unspecified atom stereocenters. The van der Waals surface area contributed by atoms with E-state index in [4.69, 9.17) is 4.74 Å². The quantitative estimate of drug-likeness (QED) is 0.862.